The van der Waals surface area contributed by atoms with Gasteiger partial charge in [0.15, 0.2) is 5.16 Å². The lowest BCUT2D eigenvalue weighted by Gasteiger charge is -2.17. The normalized spacial score (nSPS) is 12.7. The van der Waals surface area contributed by atoms with Crippen molar-refractivity contribution in [2.45, 2.75) is 31.6 Å². The number of hydrogen-bond donors (Lipinski definition) is 2. The lowest BCUT2D eigenvalue weighted by Crippen LogP contribution is -2.40. The summed E-state index contributed by atoms with van der Waals surface area (Å²) in [6, 6.07) is -0.546. The van der Waals surface area contributed by atoms with Crippen molar-refractivity contribution >= 4 is 17.7 Å². The number of carboxylic acid groups (broad SMARTS) is 1. The lowest BCUT2D eigenvalue weighted by molar-refractivity contribution is -0.140. The van der Waals surface area contributed by atoms with Crippen LogP contribution >= 0.6 is 11.8 Å². The zero-order valence-corrected chi connectivity index (χ0v) is 11.0. The molecule has 0 aliphatic carbocycles. The van der Waals surface area contributed by atoms with Gasteiger partial charge in [-0.1, -0.05) is 25.6 Å². The Morgan fingerprint density at radius 3 is 2.47 bits per heavy atom. The molecule has 6 heteroatoms. The van der Waals surface area contributed by atoms with E-state index in [0.29, 0.717) is 11.7 Å². The van der Waals surface area contributed by atoms with E-state index in [4.69, 9.17) is 5.11 Å². The number of thioether (sulfide) groups is 1. The third kappa shape index (κ3) is 4.32. The van der Waals surface area contributed by atoms with Gasteiger partial charge in [0, 0.05) is 24.5 Å². The summed E-state index contributed by atoms with van der Waals surface area (Å²) < 4.78 is 0. The smallest absolute Gasteiger partial charge is 0.320 e. The number of aromatic nitrogens is 2. The van der Waals surface area contributed by atoms with Gasteiger partial charge in [-0.2, -0.15) is 0 Å². The minimum Gasteiger partial charge on any atom is -0.480 e. The number of carbonyl (C=O) groups is 1. The highest BCUT2D eigenvalue weighted by atomic mass is 32.2. The molecule has 94 valence electrons. The van der Waals surface area contributed by atoms with E-state index in [9.17, 15) is 4.79 Å². The Hall–Kier alpha value is -1.14. The Labute approximate surface area is 105 Å². The number of nitrogens with one attached hydrogen (secondary N) is 1. The average molecular weight is 255 g/mol. The highest BCUT2D eigenvalue weighted by Gasteiger charge is 2.20. The largest absolute Gasteiger partial charge is 0.480 e. The Kier molecular flexibility index (Phi) is 5.37. The minimum absolute atomic E-state index is 0.0406. The van der Waals surface area contributed by atoms with Crippen molar-refractivity contribution in [1.29, 1.82) is 0 Å². The van der Waals surface area contributed by atoms with Gasteiger partial charge in [0.05, 0.1) is 0 Å². The fraction of sp³-hybridized carbons (Fsp3) is 0.545. The van der Waals surface area contributed by atoms with E-state index in [1.165, 1.54) is 11.8 Å². The van der Waals surface area contributed by atoms with Crippen LogP contribution in [0.15, 0.2) is 17.6 Å². The van der Waals surface area contributed by atoms with E-state index < -0.39 is 12.0 Å². The fourth-order valence-electron chi connectivity index (χ4n) is 1.38. The van der Waals surface area contributed by atoms with Crippen molar-refractivity contribution in [1.82, 2.24) is 15.3 Å². The monoisotopic (exact) mass is 255 g/mol. The molecule has 0 spiro atoms. The minimum atomic E-state index is -0.832. The predicted molar refractivity (Wildman–Crippen MR) is 66.9 cm³/mol. The summed E-state index contributed by atoms with van der Waals surface area (Å²) >= 11 is 1.47. The lowest BCUT2D eigenvalue weighted by atomic mass is 10.0. The molecule has 0 unspecified atom stereocenters. The van der Waals surface area contributed by atoms with Crippen molar-refractivity contribution in [2.24, 2.45) is 5.92 Å². The Morgan fingerprint density at radius 2 is 2.06 bits per heavy atom. The molecule has 0 bridgehead atoms. The van der Waals surface area contributed by atoms with Gasteiger partial charge in [-0.05, 0) is 12.2 Å². The van der Waals surface area contributed by atoms with E-state index in [2.05, 4.69) is 15.3 Å². The zero-order chi connectivity index (χ0) is 12.8. The molecule has 0 saturated heterocycles. The standard InChI is InChI=1S/C11H17N3O2S/c1-7(2)9(10(15)16)12-4-8-5-13-11(17-3)14-6-8/h5-7,9,12H,4H2,1-3H3,(H,15,16)/t9-/m1/s1. The van der Waals surface area contributed by atoms with Gasteiger partial charge in [0.1, 0.15) is 6.04 Å². The van der Waals surface area contributed by atoms with Crippen molar-refractivity contribution in [2.75, 3.05) is 6.26 Å². The molecule has 2 N–H and O–H groups in total. The van der Waals surface area contributed by atoms with E-state index >= 15 is 0 Å². The molecule has 0 radical (unpaired) electrons. The van der Waals surface area contributed by atoms with E-state index in [-0.39, 0.29) is 5.92 Å². The van der Waals surface area contributed by atoms with Crippen LogP contribution in [0.3, 0.4) is 0 Å². The van der Waals surface area contributed by atoms with Crippen molar-refractivity contribution in [3.63, 3.8) is 0 Å². The molecule has 0 amide bonds. The predicted octanol–water partition coefficient (Wildman–Crippen LogP) is 1.40. The summed E-state index contributed by atoms with van der Waals surface area (Å²) in [4.78, 5) is 19.2. The summed E-state index contributed by atoms with van der Waals surface area (Å²) in [7, 11) is 0. The maximum absolute atomic E-state index is 11.0. The second-order valence-corrected chi connectivity index (χ2v) is 4.79. The van der Waals surface area contributed by atoms with Crippen molar-refractivity contribution in [3.8, 4) is 0 Å². The van der Waals surface area contributed by atoms with Gasteiger partial charge in [-0.25, -0.2) is 9.97 Å². The Bertz CT molecular complexity index is 367. The summed E-state index contributed by atoms with van der Waals surface area (Å²) in [6.07, 6.45) is 5.34. The van der Waals surface area contributed by atoms with Crippen LogP contribution in [0.4, 0.5) is 0 Å². The fourth-order valence-corrected chi connectivity index (χ4v) is 1.69. The number of carboxylic acids is 1. The van der Waals surface area contributed by atoms with Crippen LogP contribution < -0.4 is 5.32 Å². The molecule has 0 aromatic carbocycles. The van der Waals surface area contributed by atoms with E-state index in [0.717, 1.165) is 5.56 Å². The zero-order valence-electron chi connectivity index (χ0n) is 10.2. The maximum atomic E-state index is 11.0. The molecule has 1 aromatic heterocycles. The molecule has 1 atom stereocenters. The third-order valence-electron chi connectivity index (χ3n) is 2.32. The first-order chi connectivity index (χ1) is 8.04. The van der Waals surface area contributed by atoms with Crippen LogP contribution in [-0.2, 0) is 11.3 Å². The number of rotatable bonds is 6. The summed E-state index contributed by atoms with van der Waals surface area (Å²) in [5, 5.41) is 12.7. The first-order valence-corrected chi connectivity index (χ1v) is 6.58. The van der Waals surface area contributed by atoms with Gasteiger partial charge < -0.3 is 5.11 Å². The molecule has 17 heavy (non-hydrogen) atoms. The molecule has 1 aromatic rings. The van der Waals surface area contributed by atoms with Crippen LogP contribution in [0.2, 0.25) is 0 Å². The molecule has 5 nitrogen and oxygen atoms in total. The topological polar surface area (TPSA) is 75.1 Å². The molecular formula is C11H17N3O2S. The maximum Gasteiger partial charge on any atom is 0.320 e. The second kappa shape index (κ2) is 6.56. The highest BCUT2D eigenvalue weighted by Crippen LogP contribution is 2.08. The Morgan fingerprint density at radius 1 is 1.47 bits per heavy atom. The first-order valence-electron chi connectivity index (χ1n) is 5.35. The summed E-state index contributed by atoms with van der Waals surface area (Å²) in [5.74, 6) is -0.791. The molecule has 1 heterocycles. The number of aliphatic carboxylic acids is 1. The molecule has 0 saturated carbocycles. The van der Waals surface area contributed by atoms with Crippen LogP contribution in [0.5, 0.6) is 0 Å². The third-order valence-corrected chi connectivity index (χ3v) is 2.90. The molecule has 0 fully saturated rings. The van der Waals surface area contributed by atoms with Crippen LogP contribution in [0, 0.1) is 5.92 Å². The molecule has 1 rings (SSSR count). The van der Waals surface area contributed by atoms with Gasteiger partial charge in [-0.3, -0.25) is 10.1 Å². The number of nitrogens with zero attached hydrogens (tertiary/aromatic N) is 2. The van der Waals surface area contributed by atoms with E-state index in [1.807, 2.05) is 20.1 Å². The van der Waals surface area contributed by atoms with Crippen LogP contribution in [-0.4, -0.2) is 33.3 Å². The van der Waals surface area contributed by atoms with Crippen molar-refractivity contribution in [3.05, 3.63) is 18.0 Å². The molecular weight excluding hydrogens is 238 g/mol. The van der Waals surface area contributed by atoms with Crippen LogP contribution in [0.25, 0.3) is 0 Å². The first kappa shape index (κ1) is 13.9. The number of hydrogen-bond acceptors (Lipinski definition) is 5. The SMILES string of the molecule is CSc1ncc(CN[C@@H](C(=O)O)C(C)C)cn1. The summed E-state index contributed by atoms with van der Waals surface area (Å²) in [6.45, 7) is 4.21. The second-order valence-electron chi connectivity index (χ2n) is 4.02. The summed E-state index contributed by atoms with van der Waals surface area (Å²) in [5.41, 5.74) is 0.884. The van der Waals surface area contributed by atoms with Gasteiger partial charge >= 0.3 is 5.97 Å². The average Bonchev–Trinajstić information content (AvgIpc) is 2.29. The van der Waals surface area contributed by atoms with Crippen LogP contribution in [0.1, 0.15) is 19.4 Å². The molecule has 0 aliphatic heterocycles. The van der Waals surface area contributed by atoms with Gasteiger partial charge in [0.25, 0.3) is 0 Å². The highest BCUT2D eigenvalue weighted by molar-refractivity contribution is 7.98. The Balaban J connectivity index is 2.56. The van der Waals surface area contributed by atoms with Crippen molar-refractivity contribution < 1.29 is 9.90 Å². The van der Waals surface area contributed by atoms with Gasteiger partial charge in [0.2, 0.25) is 0 Å². The van der Waals surface area contributed by atoms with Gasteiger partial charge in [-0.15, -0.1) is 0 Å². The molecule has 0 aliphatic rings. The quantitative estimate of drug-likeness (QED) is 0.591. The van der Waals surface area contributed by atoms with E-state index in [1.54, 1.807) is 12.4 Å².